The van der Waals surface area contributed by atoms with Crippen molar-refractivity contribution in [2.24, 2.45) is 0 Å². The second-order valence-electron chi connectivity index (χ2n) is 3.88. The Kier molecular flexibility index (Phi) is 1.80. The molecule has 1 heterocycles. The summed E-state index contributed by atoms with van der Waals surface area (Å²) in [5, 5.41) is 8.66. The van der Waals surface area contributed by atoms with Gasteiger partial charge in [-0.1, -0.05) is 12.1 Å². The van der Waals surface area contributed by atoms with E-state index in [0.29, 0.717) is 6.42 Å². The molecule has 0 N–H and O–H groups in total. The highest BCUT2D eigenvalue weighted by atomic mass is 16.1. The predicted molar refractivity (Wildman–Crippen MR) is 55.4 cm³/mol. The maximum atomic E-state index is 11.6. The second-order valence-corrected chi connectivity index (χ2v) is 3.88. The van der Waals surface area contributed by atoms with Gasteiger partial charge in [0.05, 0.1) is 0 Å². The maximum Gasteiger partial charge on any atom is 0.159 e. The van der Waals surface area contributed by atoms with Crippen molar-refractivity contribution in [2.75, 3.05) is 0 Å². The summed E-state index contributed by atoms with van der Waals surface area (Å²) in [6, 6.07) is 7.56. The summed E-state index contributed by atoms with van der Waals surface area (Å²) in [4.78, 5) is 13.1. The Hall–Kier alpha value is -1.71. The molecule has 2 aromatic rings. The van der Waals surface area contributed by atoms with Gasteiger partial charge < -0.3 is 0 Å². The molecule has 15 heavy (non-hydrogen) atoms. The van der Waals surface area contributed by atoms with Crippen LogP contribution in [0.15, 0.2) is 24.3 Å². The summed E-state index contributed by atoms with van der Waals surface area (Å²) in [5.74, 6) is 0.260. The van der Waals surface area contributed by atoms with Gasteiger partial charge in [0.1, 0.15) is 17.1 Å². The Balaban J connectivity index is 2.08. The average Bonchev–Trinajstić information content (AvgIpc) is 2.82. The lowest BCUT2D eigenvalue weighted by molar-refractivity contribution is -0.120. The molecule has 1 atom stereocenters. The summed E-state index contributed by atoms with van der Waals surface area (Å²) in [6.07, 6.45) is 2.50. The van der Waals surface area contributed by atoms with Crippen molar-refractivity contribution in [1.82, 2.24) is 15.0 Å². The number of hydrogen-bond donors (Lipinski definition) is 0. The van der Waals surface area contributed by atoms with Gasteiger partial charge >= 0.3 is 0 Å². The van der Waals surface area contributed by atoms with Crippen LogP contribution in [0, 0.1) is 0 Å². The van der Waals surface area contributed by atoms with Crippen LogP contribution < -0.4 is 0 Å². The minimum absolute atomic E-state index is 0.127. The minimum Gasteiger partial charge on any atom is -0.297 e. The highest BCUT2D eigenvalue weighted by Crippen LogP contribution is 2.25. The van der Waals surface area contributed by atoms with E-state index in [2.05, 4.69) is 10.2 Å². The number of carbonyl (C=O) groups is 1. The number of nitrogens with zero attached hydrogens (tertiary/aromatic N) is 3. The van der Waals surface area contributed by atoms with Gasteiger partial charge in [0.15, 0.2) is 5.78 Å². The Morgan fingerprint density at radius 3 is 2.40 bits per heavy atom. The quantitative estimate of drug-likeness (QED) is 0.705. The van der Waals surface area contributed by atoms with Crippen LogP contribution in [-0.2, 0) is 4.79 Å². The highest BCUT2D eigenvalue weighted by Gasteiger charge is 2.27. The van der Waals surface area contributed by atoms with Gasteiger partial charge in [-0.25, -0.2) is 0 Å². The molecule has 0 radical (unpaired) electrons. The summed E-state index contributed by atoms with van der Waals surface area (Å²) in [5.41, 5.74) is 1.72. The third-order valence-electron chi connectivity index (χ3n) is 2.85. The van der Waals surface area contributed by atoms with E-state index in [1.54, 1.807) is 4.80 Å². The van der Waals surface area contributed by atoms with Crippen molar-refractivity contribution in [3.05, 3.63) is 24.3 Å². The molecule has 1 aliphatic carbocycles. The Morgan fingerprint density at radius 1 is 1.20 bits per heavy atom. The third kappa shape index (κ3) is 1.33. The number of carbonyl (C=O) groups excluding carboxylic acids is 1. The predicted octanol–water partition coefficient (Wildman–Crippen LogP) is 1.73. The SMILES string of the molecule is O=C1CCCC1n1nc2ccccc2n1. The standard InChI is InChI=1S/C11H11N3O/c15-11-7-3-6-10(11)14-12-8-4-1-2-5-9(8)13-14/h1-2,4-5,10H,3,6-7H2. The van der Waals surface area contributed by atoms with Gasteiger partial charge in [0, 0.05) is 6.42 Å². The van der Waals surface area contributed by atoms with Gasteiger partial charge in [-0.15, -0.1) is 0 Å². The van der Waals surface area contributed by atoms with Gasteiger partial charge in [0.25, 0.3) is 0 Å². The van der Waals surface area contributed by atoms with Crippen LogP contribution in [0.4, 0.5) is 0 Å². The van der Waals surface area contributed by atoms with Crippen molar-refractivity contribution < 1.29 is 4.79 Å². The van der Waals surface area contributed by atoms with Crippen LogP contribution in [0.25, 0.3) is 11.0 Å². The molecule has 1 aromatic carbocycles. The first kappa shape index (κ1) is 8.59. The van der Waals surface area contributed by atoms with Crippen molar-refractivity contribution in [2.45, 2.75) is 25.3 Å². The molecule has 0 bridgehead atoms. The fourth-order valence-electron chi connectivity index (χ4n) is 2.06. The number of fused-ring (bicyclic) bond motifs is 1. The zero-order valence-corrected chi connectivity index (χ0v) is 8.26. The average molecular weight is 201 g/mol. The normalized spacial score (nSPS) is 21.3. The molecule has 1 aromatic heterocycles. The Labute approximate surface area is 86.9 Å². The number of rotatable bonds is 1. The number of aromatic nitrogens is 3. The lowest BCUT2D eigenvalue weighted by Gasteiger charge is -2.04. The van der Waals surface area contributed by atoms with Crippen LogP contribution >= 0.6 is 0 Å². The molecule has 0 amide bonds. The molecule has 0 aliphatic heterocycles. The van der Waals surface area contributed by atoms with E-state index in [0.717, 1.165) is 23.9 Å². The van der Waals surface area contributed by atoms with E-state index in [9.17, 15) is 4.79 Å². The van der Waals surface area contributed by atoms with Gasteiger partial charge in [-0.05, 0) is 25.0 Å². The zero-order valence-electron chi connectivity index (χ0n) is 8.26. The fraction of sp³-hybridized carbons (Fsp3) is 0.364. The van der Waals surface area contributed by atoms with Gasteiger partial charge in [-0.2, -0.15) is 15.0 Å². The molecule has 76 valence electrons. The van der Waals surface area contributed by atoms with Crippen molar-refractivity contribution in [3.63, 3.8) is 0 Å². The van der Waals surface area contributed by atoms with Gasteiger partial charge in [-0.3, -0.25) is 4.79 Å². The monoisotopic (exact) mass is 201 g/mol. The van der Waals surface area contributed by atoms with E-state index in [4.69, 9.17) is 0 Å². The summed E-state index contributed by atoms with van der Waals surface area (Å²) in [7, 11) is 0. The van der Waals surface area contributed by atoms with E-state index in [1.165, 1.54) is 0 Å². The lowest BCUT2D eigenvalue weighted by atomic mass is 10.2. The van der Waals surface area contributed by atoms with Crippen LogP contribution in [0.1, 0.15) is 25.3 Å². The molecule has 0 spiro atoms. The van der Waals surface area contributed by atoms with Crippen molar-refractivity contribution in [3.8, 4) is 0 Å². The first-order valence-electron chi connectivity index (χ1n) is 5.19. The second kappa shape index (κ2) is 3.15. The molecule has 3 rings (SSSR count). The highest BCUT2D eigenvalue weighted by molar-refractivity contribution is 5.84. The number of hydrogen-bond acceptors (Lipinski definition) is 3. The summed E-state index contributed by atoms with van der Waals surface area (Å²) >= 11 is 0. The van der Waals surface area contributed by atoms with Crippen molar-refractivity contribution in [1.29, 1.82) is 0 Å². The van der Waals surface area contributed by atoms with Crippen LogP contribution in [0.5, 0.6) is 0 Å². The molecule has 1 unspecified atom stereocenters. The molecular formula is C11H11N3O. The molecule has 1 aliphatic rings. The van der Waals surface area contributed by atoms with Crippen LogP contribution in [-0.4, -0.2) is 20.8 Å². The number of Topliss-reactive ketones (excluding diaryl/α,β-unsaturated/α-hetero) is 1. The smallest absolute Gasteiger partial charge is 0.159 e. The van der Waals surface area contributed by atoms with Crippen LogP contribution in [0.3, 0.4) is 0 Å². The van der Waals surface area contributed by atoms with Gasteiger partial charge in [0.2, 0.25) is 0 Å². The van der Waals surface area contributed by atoms with Crippen LogP contribution in [0.2, 0.25) is 0 Å². The minimum atomic E-state index is -0.127. The Bertz CT molecular complexity index is 484. The maximum absolute atomic E-state index is 11.6. The van der Waals surface area contributed by atoms with Crippen molar-refractivity contribution >= 4 is 16.8 Å². The molecule has 0 saturated heterocycles. The summed E-state index contributed by atoms with van der Waals surface area (Å²) in [6.45, 7) is 0. The first-order chi connectivity index (χ1) is 7.34. The molecular weight excluding hydrogens is 190 g/mol. The topological polar surface area (TPSA) is 47.8 Å². The largest absolute Gasteiger partial charge is 0.297 e. The van der Waals surface area contributed by atoms with E-state index in [-0.39, 0.29) is 11.8 Å². The lowest BCUT2D eigenvalue weighted by Crippen LogP contribution is -2.15. The fourth-order valence-corrected chi connectivity index (χ4v) is 2.06. The number of benzene rings is 1. The third-order valence-corrected chi connectivity index (χ3v) is 2.85. The molecule has 1 fully saturated rings. The zero-order chi connectivity index (χ0) is 10.3. The van der Waals surface area contributed by atoms with E-state index < -0.39 is 0 Å². The summed E-state index contributed by atoms with van der Waals surface area (Å²) < 4.78 is 0. The van der Waals surface area contributed by atoms with E-state index in [1.807, 2.05) is 24.3 Å². The molecule has 4 nitrogen and oxygen atoms in total. The first-order valence-corrected chi connectivity index (χ1v) is 5.19. The number of ketones is 1. The van der Waals surface area contributed by atoms with E-state index >= 15 is 0 Å². The molecule has 1 saturated carbocycles. The Morgan fingerprint density at radius 2 is 1.87 bits per heavy atom. The molecule has 4 heteroatoms.